The first kappa shape index (κ1) is 26.2. The van der Waals surface area contributed by atoms with Gasteiger partial charge in [0.05, 0.1) is 20.3 Å². The number of amides is 1. The summed E-state index contributed by atoms with van der Waals surface area (Å²) in [4.78, 5) is 26.3. The van der Waals surface area contributed by atoms with E-state index in [1.165, 1.54) is 5.56 Å². The molecular weight excluding hydrogens is 472 g/mol. The number of benzene rings is 2. The number of hydrogen-bond donors (Lipinski definition) is 0. The molecule has 1 aliphatic carbocycles. The van der Waals surface area contributed by atoms with E-state index in [1.807, 2.05) is 36.4 Å². The second-order valence-corrected chi connectivity index (χ2v) is 9.38. The second-order valence-electron chi connectivity index (χ2n) is 9.38. The summed E-state index contributed by atoms with van der Waals surface area (Å²) < 4.78 is 18.4. The van der Waals surface area contributed by atoms with Crippen LogP contribution >= 0.6 is 0 Å². The smallest absolute Gasteiger partial charge is 0.364 e. The summed E-state index contributed by atoms with van der Waals surface area (Å²) in [5.74, 6) is 0.960. The number of rotatable bonds is 9. The summed E-state index contributed by atoms with van der Waals surface area (Å²) in [7, 11) is 5.13. The number of methoxy groups -OCH3 is 1. The maximum absolute atomic E-state index is 12.5. The molecule has 1 aromatic heterocycles. The van der Waals surface area contributed by atoms with Gasteiger partial charge in [-0.2, -0.15) is 0 Å². The predicted octanol–water partition coefficient (Wildman–Crippen LogP) is 4.32. The summed E-state index contributed by atoms with van der Waals surface area (Å²) in [6, 6.07) is 15.5. The molecule has 37 heavy (non-hydrogen) atoms. The van der Waals surface area contributed by atoms with Gasteiger partial charge in [0.25, 0.3) is 5.91 Å². The Labute approximate surface area is 217 Å². The molecule has 0 spiro atoms. The fraction of sp³-hybridized carbons (Fsp3) is 0.429. The molecular formula is C28H34N4O5. The van der Waals surface area contributed by atoms with Crippen LogP contribution in [0.4, 0.5) is 0 Å². The van der Waals surface area contributed by atoms with Gasteiger partial charge in [-0.05, 0) is 73.9 Å². The molecule has 0 unspecified atom stereocenters. The van der Waals surface area contributed by atoms with E-state index in [1.54, 1.807) is 37.7 Å². The largest absolute Gasteiger partial charge is 0.497 e. The highest BCUT2D eigenvalue weighted by molar-refractivity contribution is 5.93. The van der Waals surface area contributed by atoms with Gasteiger partial charge >= 0.3 is 5.97 Å². The first-order chi connectivity index (χ1) is 17.9. The first-order valence-corrected chi connectivity index (χ1v) is 12.6. The zero-order chi connectivity index (χ0) is 26.4. The summed E-state index contributed by atoms with van der Waals surface area (Å²) in [5.41, 5.74) is 2.99. The van der Waals surface area contributed by atoms with Gasteiger partial charge in [-0.1, -0.05) is 29.5 Å². The van der Waals surface area contributed by atoms with Crippen LogP contribution in [0.1, 0.15) is 70.5 Å². The first-order valence-electron chi connectivity index (χ1n) is 12.6. The van der Waals surface area contributed by atoms with Gasteiger partial charge in [0, 0.05) is 19.7 Å². The van der Waals surface area contributed by atoms with Crippen LogP contribution in [0.15, 0.2) is 48.5 Å². The van der Waals surface area contributed by atoms with Gasteiger partial charge in [0.15, 0.2) is 0 Å². The molecule has 0 atom stereocenters. The van der Waals surface area contributed by atoms with Crippen LogP contribution in [-0.2, 0) is 11.3 Å². The van der Waals surface area contributed by atoms with Crippen molar-refractivity contribution in [3.63, 3.8) is 0 Å². The summed E-state index contributed by atoms with van der Waals surface area (Å²) >= 11 is 0. The topological polar surface area (TPSA) is 95.8 Å². The third-order valence-electron chi connectivity index (χ3n) is 6.64. The number of esters is 1. The van der Waals surface area contributed by atoms with E-state index in [9.17, 15) is 9.59 Å². The average molecular weight is 507 g/mol. The van der Waals surface area contributed by atoms with E-state index in [0.29, 0.717) is 23.9 Å². The minimum Gasteiger partial charge on any atom is -0.497 e. The third-order valence-corrected chi connectivity index (χ3v) is 6.64. The van der Waals surface area contributed by atoms with Gasteiger partial charge in [-0.25, -0.2) is 9.48 Å². The highest BCUT2D eigenvalue weighted by Crippen LogP contribution is 2.35. The number of carbonyl (C=O) groups is 2. The predicted molar refractivity (Wildman–Crippen MR) is 138 cm³/mol. The molecule has 1 aliphatic rings. The summed E-state index contributed by atoms with van der Waals surface area (Å²) in [6.07, 6.45) is 3.49. The number of ether oxygens (including phenoxy) is 3. The zero-order valence-electron chi connectivity index (χ0n) is 21.8. The Morgan fingerprint density at radius 2 is 1.68 bits per heavy atom. The Hall–Kier alpha value is -3.88. The minimum absolute atomic E-state index is 0.000855. The molecule has 1 fully saturated rings. The fourth-order valence-electron chi connectivity index (χ4n) is 4.58. The summed E-state index contributed by atoms with van der Waals surface area (Å²) in [6.45, 7) is 2.40. The number of carbonyl (C=O) groups excluding carboxylic acids is 2. The van der Waals surface area contributed by atoms with Crippen molar-refractivity contribution in [2.45, 2.75) is 51.2 Å². The second kappa shape index (κ2) is 11.9. The lowest BCUT2D eigenvalue weighted by molar-refractivity contribution is 0.0507. The monoisotopic (exact) mass is 506 g/mol. The Morgan fingerprint density at radius 1 is 1.00 bits per heavy atom. The maximum Gasteiger partial charge on any atom is 0.364 e. The molecule has 0 aliphatic heterocycles. The zero-order valence-corrected chi connectivity index (χ0v) is 21.8. The molecule has 1 amide bonds. The van der Waals surface area contributed by atoms with Crippen LogP contribution in [0.5, 0.6) is 11.6 Å². The van der Waals surface area contributed by atoms with Gasteiger partial charge < -0.3 is 19.1 Å². The number of nitrogens with zero attached hydrogens (tertiary/aromatic N) is 4. The van der Waals surface area contributed by atoms with Crippen LogP contribution in [0.3, 0.4) is 0 Å². The van der Waals surface area contributed by atoms with Crippen molar-refractivity contribution < 1.29 is 23.8 Å². The third kappa shape index (κ3) is 6.28. The van der Waals surface area contributed by atoms with Crippen molar-refractivity contribution in [2.75, 3.05) is 27.8 Å². The Kier molecular flexibility index (Phi) is 8.43. The van der Waals surface area contributed by atoms with Crippen LogP contribution in [0.25, 0.3) is 0 Å². The molecule has 2 aromatic carbocycles. The average Bonchev–Trinajstić information content (AvgIpc) is 3.31. The highest BCUT2D eigenvalue weighted by Gasteiger charge is 2.29. The van der Waals surface area contributed by atoms with Crippen LogP contribution in [0.2, 0.25) is 0 Å². The molecule has 0 bridgehead atoms. The molecule has 0 saturated heterocycles. The van der Waals surface area contributed by atoms with Gasteiger partial charge in [-0.15, -0.1) is 5.10 Å². The van der Waals surface area contributed by atoms with E-state index in [-0.39, 0.29) is 24.3 Å². The van der Waals surface area contributed by atoms with Gasteiger partial charge in [0.1, 0.15) is 11.9 Å². The lowest BCUT2D eigenvalue weighted by atomic mass is 9.82. The van der Waals surface area contributed by atoms with Crippen molar-refractivity contribution in [1.29, 1.82) is 0 Å². The minimum atomic E-state index is -0.542. The van der Waals surface area contributed by atoms with E-state index in [4.69, 9.17) is 14.2 Å². The normalized spacial score (nSPS) is 17.2. The van der Waals surface area contributed by atoms with Crippen LogP contribution < -0.4 is 9.47 Å². The molecule has 3 aromatic rings. The molecule has 196 valence electrons. The van der Waals surface area contributed by atoms with Crippen LogP contribution in [-0.4, -0.2) is 65.7 Å². The highest BCUT2D eigenvalue weighted by atomic mass is 16.5. The van der Waals surface area contributed by atoms with E-state index in [2.05, 4.69) is 22.4 Å². The molecule has 9 heteroatoms. The van der Waals surface area contributed by atoms with Crippen molar-refractivity contribution in [3.05, 3.63) is 70.9 Å². The summed E-state index contributed by atoms with van der Waals surface area (Å²) in [5, 5.41) is 8.28. The van der Waals surface area contributed by atoms with Crippen LogP contribution in [0, 0.1) is 0 Å². The lowest BCUT2D eigenvalue weighted by Gasteiger charge is -2.29. The van der Waals surface area contributed by atoms with Crippen molar-refractivity contribution in [3.8, 4) is 11.6 Å². The standard InChI is InChI=1S/C28H34N4O5/c1-5-36-28(34)25-27(32(30-29-25)18-19-6-14-23(35-4)15-7-19)37-24-16-12-21(13-17-24)20-8-10-22(11-9-20)26(33)31(2)3/h6-11,14-15,21,24H,5,12-13,16-18H2,1-4H3/t21-,24-. The molecule has 4 rings (SSSR count). The molecule has 0 N–H and O–H groups in total. The molecule has 0 radical (unpaired) electrons. The Bertz CT molecular complexity index is 1200. The SMILES string of the molecule is CCOC(=O)c1nnn(Cc2ccc(OC)cc2)c1O[C@H]1CC[C@H](c2ccc(C(=O)N(C)C)cc2)CC1. The van der Waals surface area contributed by atoms with Crippen molar-refractivity contribution >= 4 is 11.9 Å². The fourth-order valence-corrected chi connectivity index (χ4v) is 4.58. The van der Waals surface area contributed by atoms with E-state index in [0.717, 1.165) is 37.0 Å². The lowest BCUT2D eigenvalue weighted by Crippen LogP contribution is -2.26. The molecule has 1 saturated carbocycles. The van der Waals surface area contributed by atoms with E-state index >= 15 is 0 Å². The van der Waals surface area contributed by atoms with Gasteiger partial charge in [0.2, 0.25) is 11.6 Å². The molecule has 1 heterocycles. The van der Waals surface area contributed by atoms with E-state index < -0.39 is 5.97 Å². The van der Waals surface area contributed by atoms with Crippen molar-refractivity contribution in [1.82, 2.24) is 19.9 Å². The maximum atomic E-state index is 12.5. The van der Waals surface area contributed by atoms with Gasteiger partial charge in [-0.3, -0.25) is 4.79 Å². The Morgan fingerprint density at radius 3 is 2.27 bits per heavy atom. The number of aromatic nitrogens is 3. The molecule has 9 nitrogen and oxygen atoms in total. The Balaban J connectivity index is 1.44. The quantitative estimate of drug-likeness (QED) is 0.399. The number of hydrogen-bond acceptors (Lipinski definition) is 7. The van der Waals surface area contributed by atoms with Crippen molar-refractivity contribution in [2.24, 2.45) is 0 Å².